The third-order valence-corrected chi connectivity index (χ3v) is 3.40. The van der Waals surface area contributed by atoms with E-state index >= 15 is 0 Å². The van der Waals surface area contributed by atoms with E-state index in [0.717, 1.165) is 37.3 Å². The van der Waals surface area contributed by atoms with Crippen molar-refractivity contribution in [2.45, 2.75) is 19.8 Å². The highest BCUT2D eigenvalue weighted by molar-refractivity contribution is 5.46. The van der Waals surface area contributed by atoms with Gasteiger partial charge < -0.3 is 10.6 Å². The first-order valence-corrected chi connectivity index (χ1v) is 7.04. The fourth-order valence-electron chi connectivity index (χ4n) is 2.37. The highest BCUT2D eigenvalue weighted by Gasteiger charge is 2.05. The first-order valence-electron chi connectivity index (χ1n) is 7.04. The molecule has 0 unspecified atom stereocenters. The molecule has 0 saturated carbocycles. The second kappa shape index (κ2) is 6.94. The summed E-state index contributed by atoms with van der Waals surface area (Å²) in [5.41, 5.74) is 8.77. The molecule has 0 aliphatic rings. The van der Waals surface area contributed by atoms with Crippen LogP contribution in [0.1, 0.15) is 18.9 Å². The molecule has 2 N–H and O–H groups in total. The maximum absolute atomic E-state index is 13.3. The van der Waals surface area contributed by atoms with Gasteiger partial charge in [0.05, 0.1) is 0 Å². The van der Waals surface area contributed by atoms with Crippen molar-refractivity contribution < 1.29 is 4.39 Å². The molecule has 0 aliphatic heterocycles. The molecule has 0 heterocycles. The van der Waals surface area contributed by atoms with E-state index in [1.165, 1.54) is 11.6 Å². The van der Waals surface area contributed by atoms with E-state index in [-0.39, 0.29) is 5.82 Å². The molecule has 0 saturated heterocycles. The van der Waals surface area contributed by atoms with Gasteiger partial charge in [0.1, 0.15) is 5.82 Å². The lowest BCUT2D eigenvalue weighted by Gasteiger charge is -2.23. The van der Waals surface area contributed by atoms with Gasteiger partial charge in [-0.2, -0.15) is 0 Å². The molecule has 0 spiro atoms. The maximum Gasteiger partial charge on any atom is 0.125 e. The maximum atomic E-state index is 13.3. The molecule has 0 aliphatic carbocycles. The number of nitrogens with two attached hydrogens (primary N) is 1. The van der Waals surface area contributed by atoms with Gasteiger partial charge in [-0.05, 0) is 55.7 Å². The Balaban J connectivity index is 1.91. The van der Waals surface area contributed by atoms with Gasteiger partial charge >= 0.3 is 0 Å². The van der Waals surface area contributed by atoms with Crippen molar-refractivity contribution in [3.05, 3.63) is 59.9 Å². The summed E-state index contributed by atoms with van der Waals surface area (Å²) in [6.07, 6.45) is 2.00. The third-order valence-electron chi connectivity index (χ3n) is 3.40. The van der Waals surface area contributed by atoms with Crippen LogP contribution in [0.25, 0.3) is 0 Å². The van der Waals surface area contributed by atoms with Crippen LogP contribution in [0.2, 0.25) is 0 Å². The summed E-state index contributed by atoms with van der Waals surface area (Å²) < 4.78 is 13.3. The largest absolute Gasteiger partial charge is 0.399 e. The normalized spacial score (nSPS) is 10.5. The van der Waals surface area contributed by atoms with Crippen LogP contribution in [0.15, 0.2) is 48.5 Å². The van der Waals surface area contributed by atoms with E-state index in [9.17, 15) is 4.39 Å². The zero-order chi connectivity index (χ0) is 14.4. The van der Waals surface area contributed by atoms with Crippen LogP contribution in [-0.4, -0.2) is 13.1 Å². The predicted molar refractivity (Wildman–Crippen MR) is 83.5 cm³/mol. The van der Waals surface area contributed by atoms with Gasteiger partial charge in [-0.25, -0.2) is 4.39 Å². The van der Waals surface area contributed by atoms with Crippen LogP contribution in [0.4, 0.5) is 15.8 Å². The van der Waals surface area contributed by atoms with Gasteiger partial charge in [-0.15, -0.1) is 0 Å². The summed E-state index contributed by atoms with van der Waals surface area (Å²) in [5.74, 6) is -0.184. The number of nitrogens with zero attached hydrogens (tertiary/aromatic N) is 1. The van der Waals surface area contributed by atoms with E-state index < -0.39 is 0 Å². The van der Waals surface area contributed by atoms with Gasteiger partial charge in [-0.3, -0.25) is 0 Å². The van der Waals surface area contributed by atoms with E-state index in [4.69, 9.17) is 5.73 Å². The number of anilines is 2. The zero-order valence-electron chi connectivity index (χ0n) is 11.8. The first kappa shape index (κ1) is 14.4. The SMILES string of the molecule is CCN(CCCc1cccc(N)c1)c1cccc(F)c1. The van der Waals surface area contributed by atoms with Crippen LogP contribution >= 0.6 is 0 Å². The minimum atomic E-state index is -0.184. The topological polar surface area (TPSA) is 29.3 Å². The quantitative estimate of drug-likeness (QED) is 0.809. The molecule has 0 atom stereocenters. The van der Waals surface area contributed by atoms with Crippen LogP contribution < -0.4 is 10.6 Å². The lowest BCUT2D eigenvalue weighted by molar-refractivity contribution is 0.626. The van der Waals surface area contributed by atoms with E-state index in [1.54, 1.807) is 12.1 Å². The van der Waals surface area contributed by atoms with Crippen LogP contribution in [0.3, 0.4) is 0 Å². The number of rotatable bonds is 6. The predicted octanol–water partition coefficient (Wildman–Crippen LogP) is 3.87. The fraction of sp³-hybridized carbons (Fsp3) is 0.294. The second-order valence-corrected chi connectivity index (χ2v) is 4.91. The molecule has 2 nitrogen and oxygen atoms in total. The summed E-state index contributed by atoms with van der Waals surface area (Å²) in [5, 5.41) is 0. The Morgan fingerprint density at radius 2 is 1.90 bits per heavy atom. The summed E-state index contributed by atoms with van der Waals surface area (Å²) in [6.45, 7) is 3.88. The van der Waals surface area contributed by atoms with Gasteiger partial charge in [0.15, 0.2) is 0 Å². The Bertz CT molecular complexity index is 554. The molecule has 0 bridgehead atoms. The Hall–Kier alpha value is -2.03. The Kier molecular flexibility index (Phi) is 4.99. The number of nitrogen functional groups attached to an aromatic ring is 1. The number of halogens is 1. The third kappa shape index (κ3) is 3.98. The smallest absolute Gasteiger partial charge is 0.125 e. The summed E-state index contributed by atoms with van der Waals surface area (Å²) in [4.78, 5) is 2.19. The average Bonchev–Trinajstić information content (AvgIpc) is 2.44. The fourth-order valence-corrected chi connectivity index (χ4v) is 2.37. The van der Waals surface area contributed by atoms with Crippen molar-refractivity contribution in [3.8, 4) is 0 Å². The van der Waals surface area contributed by atoms with Gasteiger partial charge in [0, 0.05) is 24.5 Å². The number of benzene rings is 2. The van der Waals surface area contributed by atoms with Crippen LogP contribution in [-0.2, 0) is 6.42 Å². The molecule has 2 aromatic carbocycles. The van der Waals surface area contributed by atoms with Gasteiger partial charge in [0.25, 0.3) is 0 Å². The standard InChI is InChI=1S/C17H21FN2/c1-2-20(17-10-4-8-15(18)13-17)11-5-7-14-6-3-9-16(19)12-14/h3-4,6,8-10,12-13H,2,5,7,11,19H2,1H3. The molecule has 0 radical (unpaired) electrons. The minimum absolute atomic E-state index is 0.184. The molecule has 2 aromatic rings. The van der Waals surface area contributed by atoms with E-state index in [1.807, 2.05) is 24.3 Å². The Morgan fingerprint density at radius 3 is 2.60 bits per heavy atom. The molecular formula is C17H21FN2. The highest BCUT2D eigenvalue weighted by atomic mass is 19.1. The van der Waals surface area contributed by atoms with Crippen molar-refractivity contribution in [2.24, 2.45) is 0 Å². The zero-order valence-corrected chi connectivity index (χ0v) is 11.8. The van der Waals surface area contributed by atoms with Crippen LogP contribution in [0.5, 0.6) is 0 Å². The minimum Gasteiger partial charge on any atom is -0.399 e. The lowest BCUT2D eigenvalue weighted by atomic mass is 10.1. The molecule has 0 amide bonds. The van der Waals surface area contributed by atoms with E-state index in [2.05, 4.69) is 17.9 Å². The molecule has 0 fully saturated rings. The first-order chi connectivity index (χ1) is 9.69. The molecule has 0 aromatic heterocycles. The summed E-state index contributed by atoms with van der Waals surface area (Å²) in [6, 6.07) is 14.8. The monoisotopic (exact) mass is 272 g/mol. The lowest BCUT2D eigenvalue weighted by Crippen LogP contribution is -2.24. The molecule has 2 rings (SSSR count). The Labute approximate surface area is 120 Å². The second-order valence-electron chi connectivity index (χ2n) is 4.91. The van der Waals surface area contributed by atoms with Gasteiger partial charge in [0.2, 0.25) is 0 Å². The van der Waals surface area contributed by atoms with E-state index in [0.29, 0.717) is 0 Å². The molecule has 3 heteroatoms. The number of hydrogen-bond donors (Lipinski definition) is 1. The molecular weight excluding hydrogens is 251 g/mol. The van der Waals surface area contributed by atoms with Crippen molar-refractivity contribution in [3.63, 3.8) is 0 Å². The molecule has 106 valence electrons. The highest BCUT2D eigenvalue weighted by Crippen LogP contribution is 2.16. The van der Waals surface area contributed by atoms with Crippen molar-refractivity contribution in [1.29, 1.82) is 0 Å². The van der Waals surface area contributed by atoms with Crippen molar-refractivity contribution >= 4 is 11.4 Å². The number of aryl methyl sites for hydroxylation is 1. The summed E-state index contributed by atoms with van der Waals surface area (Å²) >= 11 is 0. The van der Waals surface area contributed by atoms with Gasteiger partial charge in [-0.1, -0.05) is 18.2 Å². The Morgan fingerprint density at radius 1 is 1.10 bits per heavy atom. The van der Waals surface area contributed by atoms with Crippen molar-refractivity contribution in [1.82, 2.24) is 0 Å². The average molecular weight is 272 g/mol. The van der Waals surface area contributed by atoms with Crippen molar-refractivity contribution in [2.75, 3.05) is 23.7 Å². The van der Waals surface area contributed by atoms with Crippen LogP contribution in [0, 0.1) is 5.82 Å². The summed E-state index contributed by atoms with van der Waals surface area (Å²) in [7, 11) is 0. The molecule has 20 heavy (non-hydrogen) atoms. The number of hydrogen-bond acceptors (Lipinski definition) is 2.